The summed E-state index contributed by atoms with van der Waals surface area (Å²) in [6, 6.07) is 0. The molecule has 1 aromatic rings. The lowest BCUT2D eigenvalue weighted by Gasteiger charge is -2.14. The molecule has 0 bridgehead atoms. The van der Waals surface area contributed by atoms with E-state index in [1.807, 2.05) is 0 Å². The molecule has 1 rings (SSSR count). The Balaban J connectivity index is 3.31. The van der Waals surface area contributed by atoms with Crippen molar-refractivity contribution in [2.24, 2.45) is 0 Å². The van der Waals surface area contributed by atoms with E-state index in [2.05, 4.69) is 25.7 Å². The summed E-state index contributed by atoms with van der Waals surface area (Å²) in [6.07, 6.45) is -3.22. The molecule has 0 saturated carbocycles. The van der Waals surface area contributed by atoms with Crippen molar-refractivity contribution in [3.8, 4) is 5.75 Å². The Hall–Kier alpha value is -0.380. The molecule has 0 spiro atoms. The number of alkyl halides is 4. The molecule has 3 nitrogen and oxygen atoms in total. The molecule has 0 fully saturated rings. The maximum absolute atomic E-state index is 12.1. The van der Waals surface area contributed by atoms with Gasteiger partial charge in [-0.15, -0.1) is 13.2 Å². The van der Waals surface area contributed by atoms with Gasteiger partial charge in [0.05, 0.1) is 11.3 Å². The molecule has 1 aromatic heterocycles. The summed E-state index contributed by atoms with van der Waals surface area (Å²) < 4.78 is 40.5. The lowest BCUT2D eigenvalue weighted by molar-refractivity contribution is -0.275. The van der Waals surface area contributed by atoms with Crippen LogP contribution >= 0.6 is 38.5 Å². The third-order valence-electron chi connectivity index (χ3n) is 1.56. The molecular formula is C8H4BrF3INO2. The molecule has 0 aliphatic heterocycles. The summed E-state index contributed by atoms with van der Waals surface area (Å²) in [7, 11) is 0. The van der Waals surface area contributed by atoms with Gasteiger partial charge < -0.3 is 4.74 Å². The largest absolute Gasteiger partial charge is 0.573 e. The van der Waals surface area contributed by atoms with Crippen LogP contribution in [-0.2, 0) is 5.33 Å². The van der Waals surface area contributed by atoms with E-state index in [1.54, 1.807) is 22.6 Å². The Morgan fingerprint density at radius 2 is 2.19 bits per heavy atom. The molecule has 8 heteroatoms. The number of pyridine rings is 1. The number of aromatic nitrogens is 1. The summed E-state index contributed by atoms with van der Waals surface area (Å²) >= 11 is 4.69. The Morgan fingerprint density at radius 3 is 2.62 bits per heavy atom. The van der Waals surface area contributed by atoms with Gasteiger partial charge in [-0.2, -0.15) is 0 Å². The summed E-state index contributed by atoms with van der Waals surface area (Å²) in [5.41, 5.74) is -0.123. The molecular weight excluding hydrogens is 406 g/mol. The van der Waals surface area contributed by atoms with E-state index < -0.39 is 12.1 Å². The summed E-state index contributed by atoms with van der Waals surface area (Å²) in [4.78, 5) is 14.5. The average molecular weight is 410 g/mol. The Kier molecular flexibility index (Phi) is 4.53. The van der Waals surface area contributed by atoms with Gasteiger partial charge in [-0.25, -0.2) is 0 Å². The molecule has 0 N–H and O–H groups in total. The van der Waals surface area contributed by atoms with Crippen LogP contribution in [0, 0.1) is 3.57 Å². The minimum Gasteiger partial charge on any atom is -0.403 e. The predicted molar refractivity (Wildman–Crippen MR) is 61.7 cm³/mol. The Morgan fingerprint density at radius 1 is 1.56 bits per heavy atom. The number of ether oxygens (including phenoxy) is 1. The van der Waals surface area contributed by atoms with E-state index in [-0.39, 0.29) is 16.6 Å². The first-order chi connectivity index (χ1) is 7.39. The van der Waals surface area contributed by atoms with Crippen molar-refractivity contribution < 1.29 is 22.7 Å². The zero-order valence-electron chi connectivity index (χ0n) is 7.52. The first kappa shape index (κ1) is 13.7. The summed E-state index contributed by atoms with van der Waals surface area (Å²) in [5, 5.41) is 0.0656. The van der Waals surface area contributed by atoms with Gasteiger partial charge in [0.25, 0.3) is 0 Å². The number of hydrogen-bond donors (Lipinski definition) is 0. The second-order valence-electron chi connectivity index (χ2n) is 2.59. The maximum atomic E-state index is 12.1. The number of hydrogen-bond acceptors (Lipinski definition) is 3. The number of carbonyl (C=O) groups is 1. The van der Waals surface area contributed by atoms with E-state index in [0.717, 1.165) is 0 Å². The van der Waals surface area contributed by atoms with Crippen molar-refractivity contribution >= 4 is 44.8 Å². The maximum Gasteiger partial charge on any atom is 0.573 e. The fourth-order valence-electron chi connectivity index (χ4n) is 0.961. The van der Waals surface area contributed by atoms with E-state index in [1.165, 1.54) is 6.20 Å². The zero-order valence-corrected chi connectivity index (χ0v) is 11.3. The van der Waals surface area contributed by atoms with Crippen LogP contribution in [0.15, 0.2) is 6.20 Å². The molecule has 0 atom stereocenters. The van der Waals surface area contributed by atoms with Gasteiger partial charge in [0.2, 0.25) is 0 Å². The molecule has 1 heterocycles. The highest BCUT2D eigenvalue weighted by Crippen LogP contribution is 2.31. The fraction of sp³-hybridized carbons (Fsp3) is 0.250. The summed E-state index contributed by atoms with van der Waals surface area (Å²) in [6.45, 7) is 0. The standard InChI is InChI=1S/C8H4BrF3INO2/c9-1-6-7(16-8(10,11)12)4(3-15)5(13)2-14-6/h2-3H,1H2. The number of aldehydes is 1. The highest BCUT2D eigenvalue weighted by Gasteiger charge is 2.34. The molecule has 0 aliphatic rings. The number of carbonyl (C=O) groups excluding carboxylic acids is 1. The van der Waals surface area contributed by atoms with Crippen LogP contribution in [0.1, 0.15) is 16.1 Å². The Labute approximate surface area is 111 Å². The van der Waals surface area contributed by atoms with Crippen LogP contribution in [-0.4, -0.2) is 17.6 Å². The van der Waals surface area contributed by atoms with Crippen molar-refractivity contribution in [2.45, 2.75) is 11.7 Å². The molecule has 0 amide bonds. The van der Waals surface area contributed by atoms with Gasteiger partial charge in [-0.05, 0) is 22.6 Å². The first-order valence-electron chi connectivity index (χ1n) is 3.83. The van der Waals surface area contributed by atoms with Crippen molar-refractivity contribution in [3.63, 3.8) is 0 Å². The van der Waals surface area contributed by atoms with Crippen LogP contribution in [0.4, 0.5) is 13.2 Å². The molecule has 0 aromatic carbocycles. The van der Waals surface area contributed by atoms with Crippen LogP contribution in [0.3, 0.4) is 0 Å². The number of halogens is 5. The minimum absolute atomic E-state index is 0.0276. The number of nitrogens with zero attached hydrogens (tertiary/aromatic N) is 1. The van der Waals surface area contributed by atoms with E-state index in [4.69, 9.17) is 0 Å². The van der Waals surface area contributed by atoms with Crippen LogP contribution < -0.4 is 4.74 Å². The predicted octanol–water partition coefficient (Wildman–Crippen LogP) is 3.29. The molecule has 16 heavy (non-hydrogen) atoms. The monoisotopic (exact) mass is 409 g/mol. The first-order valence-corrected chi connectivity index (χ1v) is 6.03. The lowest BCUT2D eigenvalue weighted by atomic mass is 10.2. The normalized spacial score (nSPS) is 11.3. The highest BCUT2D eigenvalue weighted by molar-refractivity contribution is 14.1. The van der Waals surface area contributed by atoms with Gasteiger partial charge in [-0.3, -0.25) is 9.78 Å². The molecule has 0 saturated heterocycles. The quantitative estimate of drug-likeness (QED) is 0.437. The third-order valence-corrected chi connectivity index (χ3v) is 2.95. The van der Waals surface area contributed by atoms with Gasteiger partial charge in [0.1, 0.15) is 0 Å². The zero-order chi connectivity index (χ0) is 12.3. The van der Waals surface area contributed by atoms with Crippen molar-refractivity contribution in [2.75, 3.05) is 0 Å². The van der Waals surface area contributed by atoms with Crippen LogP contribution in [0.5, 0.6) is 5.75 Å². The lowest BCUT2D eigenvalue weighted by Crippen LogP contribution is -2.20. The second-order valence-corrected chi connectivity index (χ2v) is 4.32. The smallest absolute Gasteiger partial charge is 0.403 e. The fourth-order valence-corrected chi connectivity index (χ4v) is 1.87. The molecule has 0 radical (unpaired) electrons. The highest BCUT2D eigenvalue weighted by atomic mass is 127. The van der Waals surface area contributed by atoms with Crippen molar-refractivity contribution in [1.82, 2.24) is 4.98 Å². The molecule has 0 unspecified atom stereocenters. The van der Waals surface area contributed by atoms with E-state index >= 15 is 0 Å². The summed E-state index contributed by atoms with van der Waals surface area (Å²) in [5.74, 6) is -0.550. The van der Waals surface area contributed by atoms with Crippen LogP contribution in [0.2, 0.25) is 0 Å². The number of rotatable bonds is 3. The second kappa shape index (κ2) is 5.30. The van der Waals surface area contributed by atoms with Crippen molar-refractivity contribution in [3.05, 3.63) is 21.0 Å². The minimum atomic E-state index is -4.85. The van der Waals surface area contributed by atoms with Gasteiger partial charge >= 0.3 is 6.36 Å². The van der Waals surface area contributed by atoms with Crippen LogP contribution in [0.25, 0.3) is 0 Å². The van der Waals surface area contributed by atoms with E-state index in [9.17, 15) is 18.0 Å². The Bertz CT molecular complexity index is 411. The third kappa shape index (κ3) is 3.30. The van der Waals surface area contributed by atoms with Crippen molar-refractivity contribution in [1.29, 1.82) is 0 Å². The molecule has 0 aliphatic carbocycles. The topological polar surface area (TPSA) is 39.2 Å². The van der Waals surface area contributed by atoms with Gasteiger partial charge in [-0.1, -0.05) is 15.9 Å². The van der Waals surface area contributed by atoms with E-state index in [0.29, 0.717) is 9.86 Å². The molecule has 88 valence electrons. The van der Waals surface area contributed by atoms with Gasteiger partial charge in [0.15, 0.2) is 12.0 Å². The van der Waals surface area contributed by atoms with Gasteiger partial charge in [0, 0.05) is 15.1 Å². The average Bonchev–Trinajstić information content (AvgIpc) is 2.16. The SMILES string of the molecule is O=Cc1c(I)cnc(CBr)c1OC(F)(F)F.